The Bertz CT molecular complexity index is 359. The molecule has 1 heterocycles. The van der Waals surface area contributed by atoms with Gasteiger partial charge in [0.05, 0.1) is 13.0 Å². The molecular weight excluding hydrogens is 258 g/mol. The molecule has 0 aromatic carbocycles. The van der Waals surface area contributed by atoms with E-state index < -0.39 is 5.60 Å². The molecule has 0 N–H and O–H groups in total. The van der Waals surface area contributed by atoms with Crippen LogP contribution in [0.2, 0.25) is 0 Å². The Labute approximate surface area is 121 Å². The van der Waals surface area contributed by atoms with Crippen LogP contribution in [0.25, 0.3) is 0 Å². The summed E-state index contributed by atoms with van der Waals surface area (Å²) in [6.07, 6.45) is 0.552. The van der Waals surface area contributed by atoms with Crippen LogP contribution in [-0.2, 0) is 14.3 Å². The summed E-state index contributed by atoms with van der Waals surface area (Å²) in [6.45, 7) is 10.7. The van der Waals surface area contributed by atoms with Crippen LogP contribution in [0.5, 0.6) is 0 Å². The molecule has 1 saturated heterocycles. The Balaban J connectivity index is 2.73. The van der Waals surface area contributed by atoms with E-state index in [1.165, 1.54) is 7.11 Å². The maximum Gasteiger partial charge on any atom is 0.410 e. The minimum atomic E-state index is -0.520. The highest BCUT2D eigenvalue weighted by Crippen LogP contribution is 2.30. The van der Waals surface area contributed by atoms with Crippen molar-refractivity contribution in [2.45, 2.75) is 46.6 Å². The molecule has 116 valence electrons. The van der Waals surface area contributed by atoms with Crippen molar-refractivity contribution >= 4 is 12.1 Å². The van der Waals surface area contributed by atoms with Crippen molar-refractivity contribution in [3.8, 4) is 0 Å². The molecule has 5 heteroatoms. The van der Waals surface area contributed by atoms with E-state index in [1.54, 1.807) is 4.90 Å². The number of esters is 1. The first-order chi connectivity index (χ1) is 9.14. The van der Waals surface area contributed by atoms with Crippen molar-refractivity contribution in [3.63, 3.8) is 0 Å². The third kappa shape index (κ3) is 4.69. The summed E-state index contributed by atoms with van der Waals surface area (Å²) < 4.78 is 10.2. The molecule has 0 spiro atoms. The van der Waals surface area contributed by atoms with Crippen LogP contribution >= 0.6 is 0 Å². The van der Waals surface area contributed by atoms with E-state index in [-0.39, 0.29) is 23.9 Å². The van der Waals surface area contributed by atoms with Gasteiger partial charge in [-0.3, -0.25) is 4.79 Å². The van der Waals surface area contributed by atoms with Gasteiger partial charge in [0.1, 0.15) is 5.60 Å². The summed E-state index contributed by atoms with van der Waals surface area (Å²) in [4.78, 5) is 25.6. The number of hydrogen-bond donors (Lipinski definition) is 0. The van der Waals surface area contributed by atoms with Crippen molar-refractivity contribution < 1.29 is 19.1 Å². The van der Waals surface area contributed by atoms with Gasteiger partial charge < -0.3 is 14.4 Å². The van der Waals surface area contributed by atoms with Crippen LogP contribution in [0.4, 0.5) is 4.79 Å². The molecule has 0 bridgehead atoms. The average molecular weight is 285 g/mol. The molecule has 0 radical (unpaired) electrons. The SMILES string of the molecule is COC(=O)C1CN(C(=O)OC(C)(C)C)CC1CC(C)C. The molecule has 1 aliphatic heterocycles. The predicted octanol–water partition coefficient (Wildman–Crippen LogP) is 2.69. The molecule has 1 aliphatic rings. The van der Waals surface area contributed by atoms with Crippen molar-refractivity contribution in [2.24, 2.45) is 17.8 Å². The normalized spacial score (nSPS) is 23.1. The van der Waals surface area contributed by atoms with Gasteiger partial charge in [-0.2, -0.15) is 0 Å². The number of methoxy groups -OCH3 is 1. The third-order valence-electron chi connectivity index (χ3n) is 3.37. The Hall–Kier alpha value is -1.26. The molecule has 0 aliphatic carbocycles. The molecule has 0 aromatic heterocycles. The average Bonchev–Trinajstić information content (AvgIpc) is 2.69. The van der Waals surface area contributed by atoms with Gasteiger partial charge in [-0.25, -0.2) is 4.79 Å². The Morgan fingerprint density at radius 2 is 1.85 bits per heavy atom. The van der Waals surface area contributed by atoms with E-state index in [0.29, 0.717) is 19.0 Å². The predicted molar refractivity (Wildman–Crippen MR) is 76.3 cm³/mol. The molecule has 0 aromatic rings. The lowest BCUT2D eigenvalue weighted by molar-refractivity contribution is -0.146. The maximum atomic E-state index is 12.1. The zero-order valence-electron chi connectivity index (χ0n) is 13.4. The van der Waals surface area contributed by atoms with Crippen LogP contribution in [0.1, 0.15) is 41.0 Å². The van der Waals surface area contributed by atoms with Crippen molar-refractivity contribution in [3.05, 3.63) is 0 Å². The molecule has 2 unspecified atom stereocenters. The first kappa shape index (κ1) is 16.8. The highest BCUT2D eigenvalue weighted by Gasteiger charge is 2.41. The Morgan fingerprint density at radius 1 is 1.25 bits per heavy atom. The lowest BCUT2D eigenvalue weighted by Crippen LogP contribution is -2.36. The summed E-state index contributed by atoms with van der Waals surface area (Å²) in [5.74, 6) is 0.150. The molecule has 0 saturated carbocycles. The number of likely N-dealkylation sites (tertiary alicyclic amines) is 1. The minimum absolute atomic E-state index is 0.148. The molecule has 1 amide bonds. The second-order valence-corrected chi connectivity index (χ2v) is 6.90. The molecular formula is C15H27NO4. The van der Waals surface area contributed by atoms with Gasteiger partial charge in [0, 0.05) is 13.1 Å². The molecule has 1 fully saturated rings. The topological polar surface area (TPSA) is 55.8 Å². The van der Waals surface area contributed by atoms with Crippen molar-refractivity contribution in [1.29, 1.82) is 0 Å². The number of hydrogen-bond acceptors (Lipinski definition) is 4. The van der Waals surface area contributed by atoms with Gasteiger partial charge in [0.25, 0.3) is 0 Å². The zero-order chi connectivity index (χ0) is 15.5. The van der Waals surface area contributed by atoms with Crippen molar-refractivity contribution in [2.75, 3.05) is 20.2 Å². The van der Waals surface area contributed by atoms with Crippen LogP contribution in [0, 0.1) is 17.8 Å². The fourth-order valence-corrected chi connectivity index (χ4v) is 2.61. The standard InChI is InChI=1S/C15H27NO4/c1-10(2)7-11-8-16(9-12(11)13(17)19-6)14(18)20-15(3,4)5/h10-12H,7-9H2,1-6H3. The van der Waals surface area contributed by atoms with Gasteiger partial charge in [0.2, 0.25) is 0 Å². The highest BCUT2D eigenvalue weighted by atomic mass is 16.6. The Morgan fingerprint density at radius 3 is 2.30 bits per heavy atom. The number of amides is 1. The lowest BCUT2D eigenvalue weighted by atomic mass is 9.88. The summed E-state index contributed by atoms with van der Waals surface area (Å²) >= 11 is 0. The molecule has 5 nitrogen and oxygen atoms in total. The van der Waals surface area contributed by atoms with Crippen LogP contribution < -0.4 is 0 Å². The largest absolute Gasteiger partial charge is 0.469 e. The smallest absolute Gasteiger partial charge is 0.410 e. The number of ether oxygens (including phenoxy) is 2. The van der Waals surface area contributed by atoms with Gasteiger partial charge in [-0.05, 0) is 39.0 Å². The van der Waals surface area contributed by atoms with Crippen LogP contribution in [-0.4, -0.2) is 42.8 Å². The molecule has 2 atom stereocenters. The summed E-state index contributed by atoms with van der Waals surface area (Å²) in [5.41, 5.74) is -0.520. The summed E-state index contributed by atoms with van der Waals surface area (Å²) in [7, 11) is 1.39. The van der Waals surface area contributed by atoms with Crippen LogP contribution in [0.15, 0.2) is 0 Å². The lowest BCUT2D eigenvalue weighted by Gasteiger charge is -2.24. The summed E-state index contributed by atoms with van der Waals surface area (Å²) in [6, 6.07) is 0. The number of carbonyl (C=O) groups is 2. The maximum absolute atomic E-state index is 12.1. The van der Waals surface area contributed by atoms with E-state index in [1.807, 2.05) is 20.8 Å². The quantitative estimate of drug-likeness (QED) is 0.748. The third-order valence-corrected chi connectivity index (χ3v) is 3.37. The number of carbonyl (C=O) groups excluding carboxylic acids is 2. The first-order valence-electron chi connectivity index (χ1n) is 7.19. The highest BCUT2D eigenvalue weighted by molar-refractivity contribution is 5.76. The molecule has 1 rings (SSSR count). The van der Waals surface area contributed by atoms with E-state index in [0.717, 1.165) is 6.42 Å². The second kappa shape index (κ2) is 6.46. The van der Waals surface area contributed by atoms with E-state index in [4.69, 9.17) is 9.47 Å². The van der Waals surface area contributed by atoms with Gasteiger partial charge in [-0.15, -0.1) is 0 Å². The molecule has 20 heavy (non-hydrogen) atoms. The van der Waals surface area contributed by atoms with E-state index in [2.05, 4.69) is 13.8 Å². The monoisotopic (exact) mass is 285 g/mol. The van der Waals surface area contributed by atoms with Gasteiger partial charge >= 0.3 is 12.1 Å². The number of nitrogens with zero attached hydrogens (tertiary/aromatic N) is 1. The van der Waals surface area contributed by atoms with Gasteiger partial charge in [0.15, 0.2) is 0 Å². The minimum Gasteiger partial charge on any atom is -0.469 e. The van der Waals surface area contributed by atoms with Gasteiger partial charge in [-0.1, -0.05) is 13.8 Å². The number of rotatable bonds is 3. The zero-order valence-corrected chi connectivity index (χ0v) is 13.4. The summed E-state index contributed by atoms with van der Waals surface area (Å²) in [5, 5.41) is 0. The van der Waals surface area contributed by atoms with E-state index in [9.17, 15) is 9.59 Å². The van der Waals surface area contributed by atoms with Crippen LogP contribution in [0.3, 0.4) is 0 Å². The van der Waals surface area contributed by atoms with E-state index >= 15 is 0 Å². The second-order valence-electron chi connectivity index (χ2n) is 6.90. The fourth-order valence-electron chi connectivity index (χ4n) is 2.61. The fraction of sp³-hybridized carbons (Fsp3) is 0.867. The first-order valence-corrected chi connectivity index (χ1v) is 7.19. The van der Waals surface area contributed by atoms with Crippen molar-refractivity contribution in [1.82, 2.24) is 4.90 Å². The Kier molecular flexibility index (Phi) is 5.42.